The normalized spacial score (nSPS) is 21.1. The van der Waals surface area contributed by atoms with Gasteiger partial charge in [0.1, 0.15) is 0 Å². The van der Waals surface area contributed by atoms with Crippen LogP contribution in [0.2, 0.25) is 0 Å². The van der Waals surface area contributed by atoms with Crippen molar-refractivity contribution in [3.8, 4) is 0 Å². The van der Waals surface area contributed by atoms with Crippen molar-refractivity contribution in [2.24, 2.45) is 5.92 Å². The van der Waals surface area contributed by atoms with E-state index in [4.69, 9.17) is 0 Å². The number of fused-ring (bicyclic) bond motifs is 3. The highest BCUT2D eigenvalue weighted by Crippen LogP contribution is 2.50. The Kier molecular flexibility index (Phi) is 5.21. The highest BCUT2D eigenvalue weighted by atomic mass is 32.2. The minimum atomic E-state index is -3.73. The summed E-state index contributed by atoms with van der Waals surface area (Å²) >= 11 is 0. The average molecular weight is 461 g/mol. The molecule has 0 radical (unpaired) electrons. The Morgan fingerprint density at radius 2 is 1.82 bits per heavy atom. The van der Waals surface area contributed by atoms with Crippen LogP contribution in [0.4, 0.5) is 11.4 Å². The fraction of sp³-hybridized carbons (Fsp3) is 0.192. The van der Waals surface area contributed by atoms with E-state index < -0.39 is 16.0 Å². The molecule has 5 rings (SSSR count). The molecule has 6 nitrogen and oxygen atoms in total. The molecule has 3 atom stereocenters. The third-order valence-corrected chi connectivity index (χ3v) is 7.91. The number of carbonyl (C=O) groups is 1. The minimum absolute atomic E-state index is 0.00731. The first-order chi connectivity index (χ1) is 15.8. The zero-order valence-electron chi connectivity index (χ0n) is 18.0. The summed E-state index contributed by atoms with van der Waals surface area (Å²) in [6.07, 6.45) is 5.15. The summed E-state index contributed by atoms with van der Waals surface area (Å²) in [5.74, 6) is -0.647. The number of para-hydroxylation sites is 1. The summed E-state index contributed by atoms with van der Waals surface area (Å²) in [4.78, 5) is 11.4. The van der Waals surface area contributed by atoms with E-state index in [1.54, 1.807) is 36.4 Å². The van der Waals surface area contributed by atoms with Gasteiger partial charge in [0.05, 0.1) is 22.2 Å². The number of aromatic carboxylic acids is 1. The molecular weight excluding hydrogens is 436 g/mol. The predicted molar refractivity (Wildman–Crippen MR) is 128 cm³/mol. The van der Waals surface area contributed by atoms with Gasteiger partial charge < -0.3 is 10.4 Å². The third-order valence-electron chi connectivity index (χ3n) is 6.55. The lowest BCUT2D eigenvalue weighted by atomic mass is 9.77. The molecule has 0 spiro atoms. The van der Waals surface area contributed by atoms with Crippen LogP contribution in [-0.4, -0.2) is 19.5 Å². The predicted octanol–water partition coefficient (Wildman–Crippen LogP) is 5.32. The summed E-state index contributed by atoms with van der Waals surface area (Å²) < 4.78 is 28.9. The smallest absolute Gasteiger partial charge is 0.335 e. The molecule has 1 heterocycles. The number of carboxylic acid groups (broad SMARTS) is 1. The standard InChI is InChI=1S/C26H24N2O4S/c1-16-5-2-3-8-23(16)28-33(31,32)19-13-14-24-22(15-19)20-6-4-7-21(20)25(27-24)17-9-11-18(12-10-17)26(29)30/h2-6,8-15,20-21,25,27-28H,7H2,1H3,(H,29,30)/t20-,21+,25+/m0/s1. The second kappa shape index (κ2) is 8.08. The van der Waals surface area contributed by atoms with Crippen molar-refractivity contribution < 1.29 is 18.3 Å². The van der Waals surface area contributed by atoms with E-state index in [0.717, 1.165) is 28.8 Å². The summed E-state index contributed by atoms with van der Waals surface area (Å²) in [6.45, 7) is 1.87. The fourth-order valence-corrected chi connectivity index (χ4v) is 5.96. The number of benzene rings is 3. The third kappa shape index (κ3) is 3.89. The molecule has 3 aromatic rings. The average Bonchev–Trinajstić information content (AvgIpc) is 3.30. The molecular formula is C26H24N2O4S. The number of hydrogen-bond acceptors (Lipinski definition) is 4. The van der Waals surface area contributed by atoms with Gasteiger partial charge in [-0.2, -0.15) is 0 Å². The first-order valence-electron chi connectivity index (χ1n) is 10.8. The first-order valence-corrected chi connectivity index (χ1v) is 12.3. The Morgan fingerprint density at radius 3 is 2.55 bits per heavy atom. The Hall–Kier alpha value is -3.58. The maximum Gasteiger partial charge on any atom is 0.335 e. The molecule has 0 fully saturated rings. The molecule has 0 amide bonds. The number of aryl methyl sites for hydroxylation is 1. The van der Waals surface area contributed by atoms with E-state index in [9.17, 15) is 18.3 Å². The molecule has 3 aromatic carbocycles. The van der Waals surface area contributed by atoms with Crippen LogP contribution in [0, 0.1) is 12.8 Å². The van der Waals surface area contributed by atoms with Gasteiger partial charge in [0.15, 0.2) is 0 Å². The zero-order chi connectivity index (χ0) is 23.2. The molecule has 3 N–H and O–H groups in total. The number of sulfonamides is 1. The van der Waals surface area contributed by atoms with Gasteiger partial charge in [-0.1, -0.05) is 42.5 Å². The SMILES string of the molecule is Cc1ccccc1NS(=O)(=O)c1ccc2c(c1)[C@H]1C=CC[C@H]1[C@@H](c1ccc(C(=O)O)cc1)N2. The largest absolute Gasteiger partial charge is 0.478 e. The monoisotopic (exact) mass is 460 g/mol. The summed E-state index contributed by atoms with van der Waals surface area (Å²) in [6, 6.07) is 19.5. The summed E-state index contributed by atoms with van der Waals surface area (Å²) in [7, 11) is -3.73. The lowest BCUT2D eigenvalue weighted by Crippen LogP contribution is -2.29. The van der Waals surface area contributed by atoms with Crippen LogP contribution in [0.15, 0.2) is 83.8 Å². The van der Waals surface area contributed by atoms with E-state index in [1.165, 1.54) is 0 Å². The number of hydrogen-bond donors (Lipinski definition) is 3. The molecule has 0 aromatic heterocycles. The van der Waals surface area contributed by atoms with Crippen molar-refractivity contribution in [1.29, 1.82) is 0 Å². The van der Waals surface area contributed by atoms with E-state index in [1.807, 2.05) is 37.3 Å². The fourth-order valence-electron chi connectivity index (χ4n) is 4.79. The number of anilines is 2. The number of carboxylic acids is 1. The topological polar surface area (TPSA) is 95.5 Å². The lowest BCUT2D eigenvalue weighted by molar-refractivity contribution is 0.0697. The van der Waals surface area contributed by atoms with Crippen LogP contribution < -0.4 is 10.0 Å². The molecule has 1 aliphatic carbocycles. The van der Waals surface area contributed by atoms with Crippen LogP contribution in [0.1, 0.15) is 45.4 Å². The minimum Gasteiger partial charge on any atom is -0.478 e. The molecule has 2 aliphatic rings. The van der Waals surface area contributed by atoms with E-state index >= 15 is 0 Å². The Labute approximate surface area is 193 Å². The molecule has 1 aliphatic heterocycles. The Bertz CT molecular complexity index is 1360. The van der Waals surface area contributed by atoms with Crippen molar-refractivity contribution in [3.05, 3.63) is 101 Å². The van der Waals surface area contributed by atoms with Gasteiger partial charge in [-0.25, -0.2) is 13.2 Å². The van der Waals surface area contributed by atoms with Gasteiger partial charge >= 0.3 is 5.97 Å². The summed E-state index contributed by atoms with van der Waals surface area (Å²) in [5.41, 5.74) is 4.55. The van der Waals surface area contributed by atoms with Gasteiger partial charge in [0.25, 0.3) is 10.0 Å². The van der Waals surface area contributed by atoms with E-state index in [-0.39, 0.29) is 28.3 Å². The highest BCUT2D eigenvalue weighted by Gasteiger charge is 2.38. The van der Waals surface area contributed by atoms with Gasteiger partial charge in [0, 0.05) is 11.6 Å². The van der Waals surface area contributed by atoms with Gasteiger partial charge in [-0.05, 0) is 72.4 Å². The van der Waals surface area contributed by atoms with Crippen LogP contribution in [-0.2, 0) is 10.0 Å². The molecule has 7 heteroatoms. The van der Waals surface area contributed by atoms with Crippen LogP contribution in [0.25, 0.3) is 0 Å². The second-order valence-electron chi connectivity index (χ2n) is 8.57. The molecule has 168 valence electrons. The maximum atomic E-state index is 13.1. The molecule has 0 saturated carbocycles. The quantitative estimate of drug-likeness (QED) is 0.448. The molecule has 0 saturated heterocycles. The van der Waals surface area contributed by atoms with Gasteiger partial charge in [-0.3, -0.25) is 4.72 Å². The molecule has 0 unspecified atom stereocenters. The molecule has 0 bridgehead atoms. The lowest BCUT2D eigenvalue weighted by Gasteiger charge is -2.37. The summed E-state index contributed by atoms with van der Waals surface area (Å²) in [5, 5.41) is 12.8. The van der Waals surface area contributed by atoms with Crippen LogP contribution in [0.3, 0.4) is 0 Å². The zero-order valence-corrected chi connectivity index (χ0v) is 18.8. The van der Waals surface area contributed by atoms with Crippen molar-refractivity contribution in [1.82, 2.24) is 0 Å². The van der Waals surface area contributed by atoms with Gasteiger partial charge in [0.2, 0.25) is 0 Å². The van der Waals surface area contributed by atoms with Crippen molar-refractivity contribution in [2.45, 2.75) is 30.2 Å². The van der Waals surface area contributed by atoms with Crippen LogP contribution in [0.5, 0.6) is 0 Å². The van der Waals surface area contributed by atoms with E-state index in [2.05, 4.69) is 22.2 Å². The highest BCUT2D eigenvalue weighted by molar-refractivity contribution is 7.92. The Balaban J connectivity index is 1.47. The maximum absolute atomic E-state index is 13.1. The van der Waals surface area contributed by atoms with Crippen molar-refractivity contribution >= 4 is 27.4 Å². The van der Waals surface area contributed by atoms with E-state index in [0.29, 0.717) is 5.69 Å². The van der Waals surface area contributed by atoms with Crippen LogP contribution >= 0.6 is 0 Å². The second-order valence-corrected chi connectivity index (χ2v) is 10.3. The number of rotatable bonds is 5. The molecule has 33 heavy (non-hydrogen) atoms. The van der Waals surface area contributed by atoms with Crippen molar-refractivity contribution in [2.75, 3.05) is 10.0 Å². The van der Waals surface area contributed by atoms with Gasteiger partial charge in [-0.15, -0.1) is 0 Å². The number of allylic oxidation sites excluding steroid dienone is 2. The first kappa shape index (κ1) is 21.3. The number of nitrogens with one attached hydrogen (secondary N) is 2. The Morgan fingerprint density at radius 1 is 1.06 bits per heavy atom. The van der Waals surface area contributed by atoms with Crippen molar-refractivity contribution in [3.63, 3.8) is 0 Å².